The van der Waals surface area contributed by atoms with Crippen molar-refractivity contribution >= 4 is 5.69 Å². The van der Waals surface area contributed by atoms with Gasteiger partial charge in [-0.25, -0.2) is 0 Å². The molecule has 21 heavy (non-hydrogen) atoms. The molecule has 0 bridgehead atoms. The number of pyridine rings is 1. The molecule has 0 radical (unpaired) electrons. The molecule has 0 spiro atoms. The van der Waals surface area contributed by atoms with Gasteiger partial charge in [-0.05, 0) is 69.9 Å². The maximum Gasteiger partial charge on any atom is 0.0564 e. The molecule has 0 aliphatic carbocycles. The van der Waals surface area contributed by atoms with E-state index in [0.29, 0.717) is 0 Å². The van der Waals surface area contributed by atoms with Gasteiger partial charge in [-0.2, -0.15) is 0 Å². The summed E-state index contributed by atoms with van der Waals surface area (Å²) in [5.74, 6) is 6.34. The second-order valence-electron chi connectivity index (χ2n) is 6.41. The quantitative estimate of drug-likeness (QED) is 0.638. The second-order valence-corrected chi connectivity index (χ2v) is 6.41. The fourth-order valence-electron chi connectivity index (χ4n) is 3.54. The van der Waals surface area contributed by atoms with Crippen LogP contribution in [0.4, 0.5) is 5.69 Å². The van der Waals surface area contributed by atoms with E-state index in [1.165, 1.54) is 58.4 Å². The number of aromatic nitrogens is 1. The number of hydrazine groups is 1. The summed E-state index contributed by atoms with van der Waals surface area (Å²) in [5, 5.41) is 0. The summed E-state index contributed by atoms with van der Waals surface area (Å²) in [6, 6.07) is 3.93. The highest BCUT2D eigenvalue weighted by molar-refractivity contribution is 5.41. The smallest absolute Gasteiger partial charge is 0.0564 e. The van der Waals surface area contributed by atoms with Gasteiger partial charge in [-0.1, -0.05) is 0 Å². The van der Waals surface area contributed by atoms with Gasteiger partial charge < -0.3 is 10.3 Å². The van der Waals surface area contributed by atoms with Crippen molar-refractivity contribution < 1.29 is 0 Å². The van der Waals surface area contributed by atoms with E-state index in [4.69, 9.17) is 5.84 Å². The first-order chi connectivity index (χ1) is 10.3. The first-order valence-corrected chi connectivity index (χ1v) is 8.20. The molecule has 1 aromatic heterocycles. The number of rotatable bonds is 5. The minimum absolute atomic E-state index is 0.893. The summed E-state index contributed by atoms with van der Waals surface area (Å²) in [6.45, 7) is 7.29. The lowest BCUT2D eigenvalue weighted by Crippen LogP contribution is -2.37. The van der Waals surface area contributed by atoms with Crippen LogP contribution in [0.15, 0.2) is 18.3 Å². The molecule has 2 aliphatic heterocycles. The fourth-order valence-corrected chi connectivity index (χ4v) is 3.54. The van der Waals surface area contributed by atoms with E-state index >= 15 is 0 Å². The molecule has 2 fully saturated rings. The van der Waals surface area contributed by atoms with E-state index in [0.717, 1.165) is 23.8 Å². The van der Waals surface area contributed by atoms with Crippen LogP contribution in [-0.2, 0) is 6.54 Å². The molecule has 2 aliphatic rings. The van der Waals surface area contributed by atoms with Crippen molar-refractivity contribution in [3.05, 3.63) is 24.0 Å². The number of nitrogen functional groups attached to an aromatic ring is 1. The van der Waals surface area contributed by atoms with E-state index < -0.39 is 0 Å². The maximum absolute atomic E-state index is 5.45. The molecular formula is C16H27N5. The first-order valence-electron chi connectivity index (χ1n) is 8.20. The van der Waals surface area contributed by atoms with Crippen LogP contribution < -0.4 is 11.3 Å². The summed E-state index contributed by atoms with van der Waals surface area (Å²) in [6.07, 6.45) is 7.27. The Labute approximate surface area is 127 Å². The lowest BCUT2D eigenvalue weighted by Gasteiger charge is -2.33. The van der Waals surface area contributed by atoms with Gasteiger partial charge in [0, 0.05) is 19.3 Å². The van der Waals surface area contributed by atoms with Gasteiger partial charge in [0.15, 0.2) is 0 Å². The van der Waals surface area contributed by atoms with Crippen LogP contribution in [-0.4, -0.2) is 47.5 Å². The van der Waals surface area contributed by atoms with Crippen molar-refractivity contribution in [3.63, 3.8) is 0 Å². The molecule has 0 aromatic carbocycles. The molecule has 3 heterocycles. The zero-order chi connectivity index (χ0) is 14.5. The molecular weight excluding hydrogens is 262 g/mol. The monoisotopic (exact) mass is 289 g/mol. The number of hydrogen-bond acceptors (Lipinski definition) is 5. The van der Waals surface area contributed by atoms with Gasteiger partial charge >= 0.3 is 0 Å². The summed E-state index contributed by atoms with van der Waals surface area (Å²) in [5.41, 5.74) is 4.72. The van der Waals surface area contributed by atoms with Gasteiger partial charge in [0.1, 0.15) is 0 Å². The first kappa shape index (κ1) is 14.8. The highest BCUT2D eigenvalue weighted by Crippen LogP contribution is 2.21. The van der Waals surface area contributed by atoms with Crippen LogP contribution >= 0.6 is 0 Å². The number of nitrogens with one attached hydrogen (secondary N) is 1. The molecule has 2 saturated heterocycles. The Morgan fingerprint density at radius 3 is 2.62 bits per heavy atom. The van der Waals surface area contributed by atoms with Crippen LogP contribution in [0.25, 0.3) is 0 Å². The maximum atomic E-state index is 5.45. The number of hydrogen-bond donors (Lipinski definition) is 2. The van der Waals surface area contributed by atoms with Crippen molar-refractivity contribution in [2.24, 2.45) is 11.8 Å². The predicted molar refractivity (Wildman–Crippen MR) is 85.7 cm³/mol. The van der Waals surface area contributed by atoms with Crippen molar-refractivity contribution in [1.82, 2.24) is 14.8 Å². The Kier molecular flexibility index (Phi) is 5.06. The van der Waals surface area contributed by atoms with Crippen molar-refractivity contribution in [2.75, 3.05) is 38.1 Å². The van der Waals surface area contributed by atoms with Gasteiger partial charge in [0.05, 0.1) is 11.4 Å². The summed E-state index contributed by atoms with van der Waals surface area (Å²) >= 11 is 0. The number of nitrogens with two attached hydrogens (primary N) is 1. The van der Waals surface area contributed by atoms with Gasteiger partial charge in [-0.15, -0.1) is 0 Å². The van der Waals surface area contributed by atoms with Crippen LogP contribution in [0.1, 0.15) is 31.4 Å². The Morgan fingerprint density at radius 2 is 1.90 bits per heavy atom. The number of anilines is 1. The average Bonchev–Trinajstić information content (AvgIpc) is 3.02. The summed E-state index contributed by atoms with van der Waals surface area (Å²) in [7, 11) is 0. The van der Waals surface area contributed by atoms with Gasteiger partial charge in [0.25, 0.3) is 0 Å². The van der Waals surface area contributed by atoms with Crippen molar-refractivity contribution in [3.8, 4) is 0 Å². The van der Waals surface area contributed by atoms with Gasteiger partial charge in [-0.3, -0.25) is 15.7 Å². The molecule has 0 saturated carbocycles. The Morgan fingerprint density at radius 1 is 1.14 bits per heavy atom. The van der Waals surface area contributed by atoms with Crippen LogP contribution in [0.3, 0.4) is 0 Å². The second kappa shape index (κ2) is 7.20. The lowest BCUT2D eigenvalue weighted by atomic mass is 9.96. The van der Waals surface area contributed by atoms with Crippen LogP contribution in [0.5, 0.6) is 0 Å². The molecule has 5 nitrogen and oxygen atoms in total. The Hall–Kier alpha value is -1.17. The third kappa shape index (κ3) is 4.15. The standard InChI is InChI=1S/C16H27N5/c17-19-15-3-6-18-16(11-15)13-21-9-4-14(5-10-21)12-20-7-1-2-8-20/h3,6,11,14H,1-2,4-5,7-10,12-13,17H2,(H,18,19). The summed E-state index contributed by atoms with van der Waals surface area (Å²) < 4.78 is 0. The van der Waals surface area contributed by atoms with Crippen molar-refractivity contribution in [1.29, 1.82) is 0 Å². The minimum Gasteiger partial charge on any atom is -0.324 e. The zero-order valence-corrected chi connectivity index (χ0v) is 12.8. The molecule has 116 valence electrons. The van der Waals surface area contributed by atoms with Crippen LogP contribution in [0.2, 0.25) is 0 Å². The lowest BCUT2D eigenvalue weighted by molar-refractivity contribution is 0.148. The van der Waals surface area contributed by atoms with Gasteiger partial charge in [0.2, 0.25) is 0 Å². The third-order valence-electron chi connectivity index (χ3n) is 4.79. The number of piperidine rings is 1. The summed E-state index contributed by atoms with van der Waals surface area (Å²) in [4.78, 5) is 9.61. The Balaban J connectivity index is 1.44. The average molecular weight is 289 g/mol. The molecule has 1 aromatic rings. The van der Waals surface area contributed by atoms with E-state index in [2.05, 4.69) is 20.2 Å². The van der Waals surface area contributed by atoms with E-state index in [9.17, 15) is 0 Å². The number of nitrogens with zero attached hydrogens (tertiary/aromatic N) is 3. The molecule has 3 rings (SSSR count). The molecule has 0 unspecified atom stereocenters. The fraction of sp³-hybridized carbons (Fsp3) is 0.688. The zero-order valence-electron chi connectivity index (χ0n) is 12.8. The Bertz CT molecular complexity index is 436. The van der Waals surface area contributed by atoms with E-state index in [1.54, 1.807) is 0 Å². The predicted octanol–water partition coefficient (Wildman–Crippen LogP) is 1.67. The van der Waals surface area contributed by atoms with Crippen LogP contribution in [0, 0.1) is 5.92 Å². The third-order valence-corrected chi connectivity index (χ3v) is 4.79. The number of likely N-dealkylation sites (tertiary alicyclic amines) is 2. The normalized spacial score (nSPS) is 21.8. The van der Waals surface area contributed by atoms with Crippen molar-refractivity contribution in [2.45, 2.75) is 32.2 Å². The van der Waals surface area contributed by atoms with E-state index in [1.807, 2.05) is 18.3 Å². The highest BCUT2D eigenvalue weighted by Gasteiger charge is 2.22. The minimum atomic E-state index is 0.893. The molecule has 0 amide bonds. The highest BCUT2D eigenvalue weighted by atomic mass is 15.2. The largest absolute Gasteiger partial charge is 0.324 e. The molecule has 5 heteroatoms. The SMILES string of the molecule is NNc1ccnc(CN2CCC(CN3CCCC3)CC2)c1. The molecule has 3 N–H and O–H groups in total. The molecule has 0 atom stereocenters. The van der Waals surface area contributed by atoms with E-state index in [-0.39, 0.29) is 0 Å². The topological polar surface area (TPSA) is 57.4 Å².